The Hall–Kier alpha value is -0.730. The van der Waals surface area contributed by atoms with E-state index >= 15 is 0 Å². The van der Waals surface area contributed by atoms with E-state index in [0.717, 1.165) is 30.4 Å². The molecule has 0 amide bonds. The van der Waals surface area contributed by atoms with Gasteiger partial charge in [0.05, 0.1) is 19.3 Å². The van der Waals surface area contributed by atoms with Gasteiger partial charge in [0.1, 0.15) is 5.75 Å². The number of rotatable bonds is 3. The molecule has 7 heteroatoms. The number of benzene rings is 1. The number of guanidine groups is 1. The largest absolute Gasteiger partial charge is 0.496 e. The highest BCUT2D eigenvalue weighted by atomic mass is 127. The van der Waals surface area contributed by atoms with Crippen molar-refractivity contribution in [3.8, 4) is 5.75 Å². The molecule has 1 N–H and O–H groups in total. The van der Waals surface area contributed by atoms with Gasteiger partial charge < -0.3 is 19.7 Å². The molecule has 4 atom stereocenters. The Labute approximate surface area is 171 Å². The van der Waals surface area contributed by atoms with E-state index in [-0.39, 0.29) is 24.0 Å². The van der Waals surface area contributed by atoms with E-state index in [1.54, 1.807) is 7.11 Å². The van der Waals surface area contributed by atoms with Gasteiger partial charge in [0.25, 0.3) is 0 Å². The molecule has 0 radical (unpaired) electrons. The third-order valence-corrected chi connectivity index (χ3v) is 5.88. The zero-order valence-corrected chi connectivity index (χ0v) is 17.7. The summed E-state index contributed by atoms with van der Waals surface area (Å²) in [5, 5.41) is 4.18. The first-order valence-corrected chi connectivity index (χ1v) is 9.01. The predicted octanol–water partition coefficient (Wildman–Crippen LogP) is 3.15. The molecular weight excluding hydrogens is 453 g/mol. The van der Waals surface area contributed by atoms with E-state index in [4.69, 9.17) is 21.1 Å². The van der Waals surface area contributed by atoms with Crippen LogP contribution in [-0.2, 0) is 11.3 Å². The van der Waals surface area contributed by atoms with Gasteiger partial charge in [-0.1, -0.05) is 11.6 Å². The lowest BCUT2D eigenvalue weighted by Crippen LogP contribution is -2.41. The number of likely N-dealkylation sites (tertiary alicyclic amines) is 1. The van der Waals surface area contributed by atoms with Gasteiger partial charge in [-0.25, -0.2) is 0 Å². The first-order valence-electron chi connectivity index (χ1n) is 8.63. The van der Waals surface area contributed by atoms with Crippen LogP contribution in [-0.4, -0.2) is 50.3 Å². The standard InChI is InChI=1S/C18H24ClN3O2.HI/c1-20-18(21-8-11-7-12(19)3-4-15(11)23-2)22-9-13-14(10-22)17-6-5-16(13)24-17;/h3-4,7,13-14,16-17H,5-6,8-10H2,1-2H3,(H,20,21);1H. The smallest absolute Gasteiger partial charge is 0.193 e. The topological polar surface area (TPSA) is 46.1 Å². The number of nitrogens with zero attached hydrogens (tertiary/aromatic N) is 2. The van der Waals surface area contributed by atoms with Crippen LogP contribution in [0.3, 0.4) is 0 Å². The maximum atomic E-state index is 6.12. The normalized spacial score (nSPS) is 30.2. The summed E-state index contributed by atoms with van der Waals surface area (Å²) < 4.78 is 11.5. The highest BCUT2D eigenvalue weighted by molar-refractivity contribution is 14.0. The summed E-state index contributed by atoms with van der Waals surface area (Å²) in [7, 11) is 3.52. The van der Waals surface area contributed by atoms with Crippen LogP contribution in [0.25, 0.3) is 0 Å². The van der Waals surface area contributed by atoms with E-state index in [9.17, 15) is 0 Å². The molecule has 3 aliphatic rings. The Bertz CT molecular complexity index is 639. The minimum atomic E-state index is 0. The Kier molecular flexibility index (Phi) is 6.00. The van der Waals surface area contributed by atoms with E-state index in [2.05, 4.69) is 15.2 Å². The number of nitrogens with one attached hydrogen (secondary N) is 1. The molecule has 0 saturated carbocycles. The van der Waals surface area contributed by atoms with Crippen molar-refractivity contribution in [1.29, 1.82) is 0 Å². The lowest BCUT2D eigenvalue weighted by Gasteiger charge is -2.23. The minimum absolute atomic E-state index is 0. The average Bonchev–Trinajstić information content (AvgIpc) is 3.28. The van der Waals surface area contributed by atoms with Crippen molar-refractivity contribution in [1.82, 2.24) is 10.2 Å². The Morgan fingerprint density at radius 3 is 2.60 bits per heavy atom. The van der Waals surface area contributed by atoms with Crippen LogP contribution in [0, 0.1) is 11.8 Å². The summed E-state index contributed by atoms with van der Waals surface area (Å²) >= 11 is 6.12. The molecule has 3 aliphatic heterocycles. The molecule has 4 unspecified atom stereocenters. The highest BCUT2D eigenvalue weighted by Gasteiger charge is 2.53. The van der Waals surface area contributed by atoms with Gasteiger partial charge in [-0.15, -0.1) is 24.0 Å². The van der Waals surface area contributed by atoms with Crippen LogP contribution in [0.1, 0.15) is 18.4 Å². The van der Waals surface area contributed by atoms with Crippen LogP contribution in [0.15, 0.2) is 23.2 Å². The summed E-state index contributed by atoms with van der Waals surface area (Å²) in [4.78, 5) is 6.85. The van der Waals surface area contributed by atoms with Gasteiger partial charge >= 0.3 is 0 Å². The number of hydrogen-bond donors (Lipinski definition) is 1. The molecule has 25 heavy (non-hydrogen) atoms. The molecule has 0 aromatic heterocycles. The molecular formula is C18H25ClIN3O2. The van der Waals surface area contributed by atoms with Gasteiger partial charge in [0, 0.05) is 49.1 Å². The predicted molar refractivity (Wildman–Crippen MR) is 110 cm³/mol. The lowest BCUT2D eigenvalue weighted by molar-refractivity contribution is 0.0767. The number of methoxy groups -OCH3 is 1. The summed E-state index contributed by atoms with van der Waals surface area (Å²) in [6, 6.07) is 5.68. The Morgan fingerprint density at radius 2 is 2.00 bits per heavy atom. The van der Waals surface area contributed by atoms with Gasteiger partial charge in [0.2, 0.25) is 0 Å². The molecule has 0 aliphatic carbocycles. The van der Waals surface area contributed by atoms with Gasteiger partial charge in [-0.05, 0) is 31.0 Å². The van der Waals surface area contributed by atoms with Crippen molar-refractivity contribution in [2.75, 3.05) is 27.2 Å². The van der Waals surface area contributed by atoms with Crippen molar-refractivity contribution < 1.29 is 9.47 Å². The molecule has 3 fully saturated rings. The van der Waals surface area contributed by atoms with Crippen LogP contribution in [0.4, 0.5) is 0 Å². The van der Waals surface area contributed by atoms with Crippen molar-refractivity contribution >= 4 is 41.5 Å². The second kappa shape index (κ2) is 7.88. The molecule has 2 bridgehead atoms. The molecule has 5 nitrogen and oxygen atoms in total. The first-order chi connectivity index (χ1) is 11.7. The number of aliphatic imine (C=N–C) groups is 1. The minimum Gasteiger partial charge on any atom is -0.496 e. The monoisotopic (exact) mass is 477 g/mol. The van der Waals surface area contributed by atoms with Gasteiger partial charge in [0.15, 0.2) is 5.96 Å². The highest BCUT2D eigenvalue weighted by Crippen LogP contribution is 2.47. The fourth-order valence-corrected chi connectivity index (χ4v) is 4.72. The SMILES string of the molecule is CN=C(NCc1cc(Cl)ccc1OC)N1CC2C3CCC(O3)C2C1.I. The van der Waals surface area contributed by atoms with E-state index in [0.29, 0.717) is 35.6 Å². The summed E-state index contributed by atoms with van der Waals surface area (Å²) in [5.74, 6) is 3.13. The third kappa shape index (κ3) is 3.57. The number of fused-ring (bicyclic) bond motifs is 5. The van der Waals surface area contributed by atoms with Crippen molar-refractivity contribution in [3.63, 3.8) is 0 Å². The molecule has 138 valence electrons. The molecule has 3 heterocycles. The van der Waals surface area contributed by atoms with Crippen LogP contribution in [0.5, 0.6) is 5.75 Å². The second-order valence-corrected chi connectivity index (χ2v) is 7.32. The lowest BCUT2D eigenvalue weighted by atomic mass is 9.82. The second-order valence-electron chi connectivity index (χ2n) is 6.88. The van der Waals surface area contributed by atoms with E-state index < -0.39 is 0 Å². The zero-order valence-electron chi connectivity index (χ0n) is 14.6. The average molecular weight is 478 g/mol. The Balaban J connectivity index is 0.00000182. The molecule has 0 spiro atoms. The molecule has 1 aromatic carbocycles. The first kappa shape index (κ1) is 19.0. The number of hydrogen-bond acceptors (Lipinski definition) is 3. The van der Waals surface area contributed by atoms with Crippen molar-refractivity contribution in [2.45, 2.75) is 31.6 Å². The Morgan fingerprint density at radius 1 is 1.32 bits per heavy atom. The number of ether oxygens (including phenoxy) is 2. The summed E-state index contributed by atoms with van der Waals surface area (Å²) in [6.45, 7) is 2.72. The quantitative estimate of drug-likeness (QED) is 0.413. The zero-order chi connectivity index (χ0) is 16.7. The fourth-order valence-electron chi connectivity index (χ4n) is 4.52. The van der Waals surface area contributed by atoms with E-state index in [1.807, 2.05) is 25.2 Å². The van der Waals surface area contributed by atoms with Crippen LogP contribution in [0.2, 0.25) is 5.02 Å². The summed E-state index contributed by atoms with van der Waals surface area (Å²) in [6.07, 6.45) is 3.39. The van der Waals surface area contributed by atoms with Crippen molar-refractivity contribution in [2.24, 2.45) is 16.8 Å². The maximum absolute atomic E-state index is 6.12. The van der Waals surface area contributed by atoms with Crippen molar-refractivity contribution in [3.05, 3.63) is 28.8 Å². The van der Waals surface area contributed by atoms with E-state index in [1.165, 1.54) is 12.8 Å². The van der Waals surface area contributed by atoms with Crippen LogP contribution < -0.4 is 10.1 Å². The van der Waals surface area contributed by atoms with Gasteiger partial charge in [-0.3, -0.25) is 4.99 Å². The molecule has 3 saturated heterocycles. The number of halogens is 2. The fraction of sp³-hybridized carbons (Fsp3) is 0.611. The van der Waals surface area contributed by atoms with Gasteiger partial charge in [-0.2, -0.15) is 0 Å². The molecule has 4 rings (SSSR count). The van der Waals surface area contributed by atoms with Crippen LogP contribution >= 0.6 is 35.6 Å². The third-order valence-electron chi connectivity index (χ3n) is 5.64. The maximum Gasteiger partial charge on any atom is 0.193 e. The summed E-state index contributed by atoms with van der Waals surface area (Å²) in [5.41, 5.74) is 1.04. The molecule has 1 aromatic rings.